The summed E-state index contributed by atoms with van der Waals surface area (Å²) in [4.78, 5) is 23.3. The van der Waals surface area contributed by atoms with Crippen molar-refractivity contribution in [3.05, 3.63) is 0 Å². The number of ether oxygens (including phenoxy) is 1. The number of esters is 1. The van der Waals surface area contributed by atoms with Gasteiger partial charge < -0.3 is 9.84 Å². The molecule has 0 radical (unpaired) electrons. The minimum atomic E-state index is -0.671. The van der Waals surface area contributed by atoms with E-state index < -0.39 is 5.97 Å². The molecule has 0 aliphatic heterocycles. The molecule has 1 atom stereocenters. The predicted molar refractivity (Wildman–Crippen MR) is 209 cm³/mol. The molecule has 1 unspecified atom stereocenters. The molecule has 1 N–H and O–H groups in total. The van der Waals surface area contributed by atoms with E-state index in [4.69, 9.17) is 9.84 Å². The van der Waals surface area contributed by atoms with Crippen LogP contribution in [0.3, 0.4) is 0 Å². The number of aliphatic carboxylic acids is 1. The van der Waals surface area contributed by atoms with E-state index >= 15 is 0 Å². The Bertz CT molecular complexity index is 648. The first-order valence-electron chi connectivity index (χ1n) is 22.0. The van der Waals surface area contributed by atoms with Gasteiger partial charge in [0.15, 0.2) is 0 Å². The molecule has 48 heavy (non-hydrogen) atoms. The van der Waals surface area contributed by atoms with Crippen molar-refractivity contribution in [1.82, 2.24) is 0 Å². The Hall–Kier alpha value is -1.06. The minimum absolute atomic E-state index is 0.0453. The van der Waals surface area contributed by atoms with Crippen molar-refractivity contribution >= 4 is 11.9 Å². The van der Waals surface area contributed by atoms with Gasteiger partial charge in [-0.05, 0) is 38.5 Å². The van der Waals surface area contributed by atoms with Crippen LogP contribution in [0.5, 0.6) is 0 Å². The lowest BCUT2D eigenvalue weighted by Crippen LogP contribution is -2.18. The number of carboxylic acid groups (broad SMARTS) is 1. The molecule has 0 bridgehead atoms. The third-order valence-corrected chi connectivity index (χ3v) is 10.3. The Morgan fingerprint density at radius 1 is 0.375 bits per heavy atom. The Balaban J connectivity index is 3.93. The van der Waals surface area contributed by atoms with E-state index in [1.165, 1.54) is 205 Å². The number of hydrogen-bond donors (Lipinski definition) is 1. The Morgan fingerprint density at radius 2 is 0.625 bits per heavy atom. The predicted octanol–water partition coefficient (Wildman–Crippen LogP) is 15.2. The van der Waals surface area contributed by atoms with Gasteiger partial charge in [-0.15, -0.1) is 0 Å². The van der Waals surface area contributed by atoms with Crippen LogP contribution < -0.4 is 0 Å². The van der Waals surface area contributed by atoms with E-state index in [9.17, 15) is 9.59 Å². The van der Waals surface area contributed by atoms with Gasteiger partial charge in [0.2, 0.25) is 0 Å². The molecule has 4 nitrogen and oxygen atoms in total. The van der Waals surface area contributed by atoms with E-state index in [1.54, 1.807) is 0 Å². The summed E-state index contributed by atoms with van der Waals surface area (Å²) in [5.41, 5.74) is 0. The molecule has 0 spiro atoms. The Labute approximate surface area is 301 Å². The zero-order valence-electron chi connectivity index (χ0n) is 32.8. The second-order valence-electron chi connectivity index (χ2n) is 15.3. The van der Waals surface area contributed by atoms with Gasteiger partial charge >= 0.3 is 11.9 Å². The van der Waals surface area contributed by atoms with Gasteiger partial charge in [-0.3, -0.25) is 9.59 Å². The second kappa shape index (κ2) is 40.4. The van der Waals surface area contributed by atoms with Crippen LogP contribution >= 0.6 is 0 Å². The summed E-state index contributed by atoms with van der Waals surface area (Å²) in [7, 11) is 0. The molecule has 0 fully saturated rings. The first kappa shape index (κ1) is 46.9. The maximum atomic E-state index is 12.7. The topological polar surface area (TPSA) is 63.6 Å². The van der Waals surface area contributed by atoms with Gasteiger partial charge in [0.25, 0.3) is 0 Å². The smallest absolute Gasteiger partial charge is 0.306 e. The summed E-state index contributed by atoms with van der Waals surface area (Å²) in [6.45, 7) is 4.57. The molecule has 4 heteroatoms. The molecule has 0 saturated heterocycles. The number of unbranched alkanes of at least 4 members (excludes halogenated alkanes) is 32. The van der Waals surface area contributed by atoms with Crippen molar-refractivity contribution in [2.75, 3.05) is 0 Å². The molecule has 286 valence electrons. The van der Waals surface area contributed by atoms with Gasteiger partial charge in [0.05, 0.1) is 0 Å². The largest absolute Gasteiger partial charge is 0.481 e. The molecule has 0 aromatic rings. The lowest BCUT2D eigenvalue weighted by atomic mass is 10.0. The molecule has 0 rings (SSSR count). The Morgan fingerprint density at radius 3 is 0.917 bits per heavy atom. The fourth-order valence-electron chi connectivity index (χ4n) is 7.07. The van der Waals surface area contributed by atoms with Crippen molar-refractivity contribution in [2.45, 2.75) is 270 Å². The first-order chi connectivity index (χ1) is 23.6. The van der Waals surface area contributed by atoms with Crippen LogP contribution in [0.1, 0.15) is 264 Å². The molecular formula is C44H86O4. The molecule has 0 aromatic carbocycles. The van der Waals surface area contributed by atoms with Crippen molar-refractivity contribution in [3.63, 3.8) is 0 Å². The summed E-state index contributed by atoms with van der Waals surface area (Å²) >= 11 is 0. The molecule has 0 heterocycles. The van der Waals surface area contributed by atoms with Gasteiger partial charge in [-0.25, -0.2) is 0 Å². The van der Waals surface area contributed by atoms with E-state index in [-0.39, 0.29) is 12.1 Å². The van der Waals surface area contributed by atoms with Crippen LogP contribution in [-0.4, -0.2) is 23.1 Å². The summed E-state index contributed by atoms with van der Waals surface area (Å²) in [6, 6.07) is 0. The van der Waals surface area contributed by atoms with Gasteiger partial charge in [-0.2, -0.15) is 0 Å². The summed E-state index contributed by atoms with van der Waals surface area (Å²) < 4.78 is 6.07. The number of rotatable bonds is 41. The van der Waals surface area contributed by atoms with Crippen molar-refractivity contribution < 1.29 is 19.4 Å². The number of carbonyl (C=O) groups is 2. The highest BCUT2D eigenvalue weighted by Gasteiger charge is 2.14. The molecule has 0 aromatic heterocycles. The monoisotopic (exact) mass is 679 g/mol. The lowest BCUT2D eigenvalue weighted by Gasteiger charge is -2.18. The van der Waals surface area contributed by atoms with Gasteiger partial charge in [0, 0.05) is 12.8 Å². The molecule has 0 saturated carbocycles. The number of carboxylic acids is 1. The highest BCUT2D eigenvalue weighted by Crippen LogP contribution is 2.20. The summed E-state index contributed by atoms with van der Waals surface area (Å²) in [6.07, 6.45) is 48.6. The van der Waals surface area contributed by atoms with Crippen molar-refractivity contribution in [1.29, 1.82) is 0 Å². The highest BCUT2D eigenvalue weighted by molar-refractivity contribution is 5.69. The molecule has 0 amide bonds. The quantitative estimate of drug-likeness (QED) is 0.0516. The van der Waals surface area contributed by atoms with Crippen LogP contribution in [0.2, 0.25) is 0 Å². The molecule has 0 aliphatic rings. The number of hydrogen-bond acceptors (Lipinski definition) is 3. The fourth-order valence-corrected chi connectivity index (χ4v) is 7.07. The maximum absolute atomic E-state index is 12.7. The van der Waals surface area contributed by atoms with Crippen LogP contribution in [0, 0.1) is 0 Å². The Kier molecular flexibility index (Phi) is 39.5. The minimum Gasteiger partial charge on any atom is -0.481 e. The van der Waals surface area contributed by atoms with Gasteiger partial charge in [0.1, 0.15) is 6.10 Å². The summed E-state index contributed by atoms with van der Waals surface area (Å²) in [5, 5.41) is 8.73. The van der Waals surface area contributed by atoms with Crippen LogP contribution in [-0.2, 0) is 14.3 Å². The second-order valence-corrected chi connectivity index (χ2v) is 15.3. The number of carbonyl (C=O) groups excluding carboxylic acids is 1. The van der Waals surface area contributed by atoms with E-state index in [0.717, 1.165) is 32.1 Å². The van der Waals surface area contributed by atoms with E-state index in [0.29, 0.717) is 12.8 Å². The zero-order chi connectivity index (χ0) is 35.0. The lowest BCUT2D eigenvalue weighted by molar-refractivity contribution is -0.150. The third kappa shape index (κ3) is 39.4. The fraction of sp³-hybridized carbons (Fsp3) is 0.955. The van der Waals surface area contributed by atoms with Crippen molar-refractivity contribution in [3.8, 4) is 0 Å². The summed E-state index contributed by atoms with van der Waals surface area (Å²) in [5.74, 6) is -0.626. The van der Waals surface area contributed by atoms with Crippen LogP contribution in [0.15, 0.2) is 0 Å². The zero-order valence-corrected chi connectivity index (χ0v) is 32.8. The normalized spacial score (nSPS) is 12.0. The third-order valence-electron chi connectivity index (χ3n) is 10.3. The van der Waals surface area contributed by atoms with Crippen LogP contribution in [0.4, 0.5) is 0 Å². The molecule has 0 aliphatic carbocycles. The van der Waals surface area contributed by atoms with Crippen molar-refractivity contribution in [2.24, 2.45) is 0 Å². The average Bonchev–Trinajstić information content (AvgIpc) is 3.07. The molecular weight excluding hydrogens is 592 g/mol. The SMILES string of the molecule is CCCCCCCCCCCCCCCCCCCC(=O)OC(CCCCCCCCCC)CCCCCCCCCCCCC(=O)O. The standard InChI is InChI=1S/C44H86O4/c1-3-5-7-9-11-13-14-15-16-17-18-19-20-25-29-33-37-41-44(47)48-42(38-34-30-26-12-10-8-6-4-2)39-35-31-27-23-21-22-24-28-32-36-40-43(45)46/h42H,3-41H2,1-2H3,(H,45,46). The van der Waals surface area contributed by atoms with Crippen LogP contribution in [0.25, 0.3) is 0 Å². The highest BCUT2D eigenvalue weighted by atomic mass is 16.5. The first-order valence-corrected chi connectivity index (χ1v) is 22.0. The average molecular weight is 679 g/mol. The van der Waals surface area contributed by atoms with Gasteiger partial charge in [-0.1, -0.05) is 213 Å². The van der Waals surface area contributed by atoms with E-state index in [1.807, 2.05) is 0 Å². The van der Waals surface area contributed by atoms with E-state index in [2.05, 4.69) is 13.8 Å². The maximum Gasteiger partial charge on any atom is 0.306 e.